The first-order valence-corrected chi connectivity index (χ1v) is 5.22. The van der Waals surface area contributed by atoms with Crippen LogP contribution in [-0.2, 0) is 0 Å². The standard InChI is InChI=1S/C10H19Cl/c1-4-10-7(2)5-9(11)6-8(10)3/h7-10H,4-6H2,1-3H3. The highest BCUT2D eigenvalue weighted by molar-refractivity contribution is 6.20. The van der Waals surface area contributed by atoms with Crippen molar-refractivity contribution in [3.63, 3.8) is 0 Å². The molecule has 1 fully saturated rings. The molecular formula is C10H19Cl. The molecule has 1 rings (SSSR count). The van der Waals surface area contributed by atoms with E-state index in [1.807, 2.05) is 0 Å². The third-order valence-electron chi connectivity index (χ3n) is 3.19. The van der Waals surface area contributed by atoms with E-state index < -0.39 is 0 Å². The van der Waals surface area contributed by atoms with Crippen molar-refractivity contribution in [2.24, 2.45) is 17.8 Å². The van der Waals surface area contributed by atoms with E-state index in [1.54, 1.807) is 0 Å². The lowest BCUT2D eigenvalue weighted by atomic mass is 9.72. The number of alkyl halides is 1. The van der Waals surface area contributed by atoms with Crippen LogP contribution in [-0.4, -0.2) is 5.38 Å². The molecule has 0 amide bonds. The lowest BCUT2D eigenvalue weighted by Gasteiger charge is -2.36. The largest absolute Gasteiger partial charge is 0.123 e. The van der Waals surface area contributed by atoms with Gasteiger partial charge in [0, 0.05) is 5.38 Å². The van der Waals surface area contributed by atoms with E-state index in [9.17, 15) is 0 Å². The van der Waals surface area contributed by atoms with Crippen LogP contribution in [0.15, 0.2) is 0 Å². The summed E-state index contributed by atoms with van der Waals surface area (Å²) in [6, 6.07) is 0. The van der Waals surface area contributed by atoms with E-state index in [0.717, 1.165) is 17.8 Å². The van der Waals surface area contributed by atoms with E-state index in [1.165, 1.54) is 19.3 Å². The normalized spacial score (nSPS) is 45.8. The molecular weight excluding hydrogens is 156 g/mol. The van der Waals surface area contributed by atoms with Gasteiger partial charge in [0.05, 0.1) is 0 Å². The van der Waals surface area contributed by atoms with Gasteiger partial charge in [-0.15, -0.1) is 11.6 Å². The molecule has 0 bridgehead atoms. The average molecular weight is 175 g/mol. The maximum atomic E-state index is 6.13. The van der Waals surface area contributed by atoms with E-state index in [0.29, 0.717) is 5.38 Å². The van der Waals surface area contributed by atoms with E-state index in [2.05, 4.69) is 20.8 Å². The Morgan fingerprint density at radius 1 is 1.18 bits per heavy atom. The lowest BCUT2D eigenvalue weighted by molar-refractivity contribution is 0.177. The Balaban J connectivity index is 2.52. The number of rotatable bonds is 1. The molecule has 2 unspecified atom stereocenters. The summed E-state index contributed by atoms with van der Waals surface area (Å²) in [7, 11) is 0. The minimum atomic E-state index is 0.447. The van der Waals surface area contributed by atoms with Crippen LogP contribution < -0.4 is 0 Å². The van der Waals surface area contributed by atoms with Crippen molar-refractivity contribution < 1.29 is 0 Å². The first kappa shape index (κ1) is 9.38. The quantitative estimate of drug-likeness (QED) is 0.532. The van der Waals surface area contributed by atoms with Crippen molar-refractivity contribution in [3.8, 4) is 0 Å². The maximum Gasteiger partial charge on any atom is 0.0341 e. The topological polar surface area (TPSA) is 0 Å². The zero-order valence-electron chi connectivity index (χ0n) is 7.81. The minimum absolute atomic E-state index is 0.447. The summed E-state index contributed by atoms with van der Waals surface area (Å²) in [6.07, 6.45) is 3.78. The van der Waals surface area contributed by atoms with Crippen LogP contribution in [0.5, 0.6) is 0 Å². The van der Waals surface area contributed by atoms with Gasteiger partial charge in [0.15, 0.2) is 0 Å². The molecule has 0 aromatic carbocycles. The first-order valence-electron chi connectivity index (χ1n) is 4.79. The second kappa shape index (κ2) is 3.80. The Labute approximate surface area is 75.3 Å². The van der Waals surface area contributed by atoms with Crippen LogP contribution in [0.2, 0.25) is 0 Å². The van der Waals surface area contributed by atoms with Crippen LogP contribution in [0, 0.1) is 17.8 Å². The summed E-state index contributed by atoms with van der Waals surface area (Å²) in [5.41, 5.74) is 0. The molecule has 1 saturated carbocycles. The molecule has 0 aromatic heterocycles. The van der Waals surface area contributed by atoms with Crippen LogP contribution in [0.25, 0.3) is 0 Å². The van der Waals surface area contributed by atoms with Gasteiger partial charge in [-0.25, -0.2) is 0 Å². The average Bonchev–Trinajstić information content (AvgIpc) is 1.85. The summed E-state index contributed by atoms with van der Waals surface area (Å²) < 4.78 is 0. The van der Waals surface area contributed by atoms with Crippen LogP contribution in [0.3, 0.4) is 0 Å². The molecule has 0 aliphatic heterocycles. The molecule has 0 N–H and O–H groups in total. The van der Waals surface area contributed by atoms with Gasteiger partial charge < -0.3 is 0 Å². The zero-order chi connectivity index (χ0) is 8.43. The van der Waals surface area contributed by atoms with Crippen molar-refractivity contribution in [1.82, 2.24) is 0 Å². The van der Waals surface area contributed by atoms with Gasteiger partial charge >= 0.3 is 0 Å². The SMILES string of the molecule is CCC1C(C)CC(Cl)CC1C. The van der Waals surface area contributed by atoms with E-state index in [-0.39, 0.29) is 0 Å². The van der Waals surface area contributed by atoms with Gasteiger partial charge in [-0.2, -0.15) is 0 Å². The molecule has 2 atom stereocenters. The zero-order valence-corrected chi connectivity index (χ0v) is 8.56. The molecule has 0 saturated heterocycles. The Morgan fingerprint density at radius 2 is 1.64 bits per heavy atom. The highest BCUT2D eigenvalue weighted by Crippen LogP contribution is 2.38. The third-order valence-corrected chi connectivity index (χ3v) is 3.54. The van der Waals surface area contributed by atoms with Crippen molar-refractivity contribution >= 4 is 11.6 Å². The third kappa shape index (κ3) is 2.11. The summed E-state index contributed by atoms with van der Waals surface area (Å²) in [5, 5.41) is 0.447. The van der Waals surface area contributed by atoms with Gasteiger partial charge in [0.1, 0.15) is 0 Å². The minimum Gasteiger partial charge on any atom is -0.123 e. The molecule has 0 nitrogen and oxygen atoms in total. The maximum absolute atomic E-state index is 6.13. The van der Waals surface area contributed by atoms with Gasteiger partial charge in [0.25, 0.3) is 0 Å². The molecule has 0 spiro atoms. The van der Waals surface area contributed by atoms with E-state index >= 15 is 0 Å². The van der Waals surface area contributed by atoms with Crippen molar-refractivity contribution in [3.05, 3.63) is 0 Å². The van der Waals surface area contributed by atoms with Crippen LogP contribution in [0.1, 0.15) is 40.0 Å². The second-order valence-electron chi connectivity index (χ2n) is 4.10. The number of hydrogen-bond donors (Lipinski definition) is 0. The highest BCUT2D eigenvalue weighted by Gasteiger charge is 2.30. The fourth-order valence-corrected chi connectivity index (χ4v) is 3.18. The molecule has 1 heteroatoms. The monoisotopic (exact) mass is 174 g/mol. The Hall–Kier alpha value is 0.290. The van der Waals surface area contributed by atoms with Crippen molar-refractivity contribution in [1.29, 1.82) is 0 Å². The van der Waals surface area contributed by atoms with Crippen molar-refractivity contribution in [2.45, 2.75) is 45.4 Å². The van der Waals surface area contributed by atoms with Gasteiger partial charge in [0.2, 0.25) is 0 Å². The molecule has 0 aromatic rings. The summed E-state index contributed by atoms with van der Waals surface area (Å²) in [5.74, 6) is 2.60. The fraction of sp³-hybridized carbons (Fsp3) is 1.00. The summed E-state index contributed by atoms with van der Waals surface area (Å²) in [6.45, 7) is 6.99. The molecule has 1 aliphatic carbocycles. The smallest absolute Gasteiger partial charge is 0.0341 e. The van der Waals surface area contributed by atoms with Crippen molar-refractivity contribution in [2.75, 3.05) is 0 Å². The Kier molecular flexibility index (Phi) is 3.24. The highest BCUT2D eigenvalue weighted by atomic mass is 35.5. The molecule has 1 aliphatic rings. The number of halogens is 1. The molecule has 66 valence electrons. The molecule has 0 heterocycles. The van der Waals surface area contributed by atoms with E-state index in [4.69, 9.17) is 11.6 Å². The number of hydrogen-bond acceptors (Lipinski definition) is 0. The predicted octanol–water partition coefficient (Wildman–Crippen LogP) is 3.69. The predicted molar refractivity (Wildman–Crippen MR) is 51.0 cm³/mol. The van der Waals surface area contributed by atoms with Crippen LogP contribution in [0.4, 0.5) is 0 Å². The van der Waals surface area contributed by atoms with Gasteiger partial charge in [-0.05, 0) is 30.6 Å². The summed E-state index contributed by atoms with van der Waals surface area (Å²) in [4.78, 5) is 0. The lowest BCUT2D eigenvalue weighted by Crippen LogP contribution is -2.29. The molecule has 11 heavy (non-hydrogen) atoms. The van der Waals surface area contributed by atoms with Gasteiger partial charge in [-0.1, -0.05) is 27.2 Å². The first-order chi connectivity index (χ1) is 5.15. The van der Waals surface area contributed by atoms with Gasteiger partial charge in [-0.3, -0.25) is 0 Å². The Bertz CT molecular complexity index is 110. The van der Waals surface area contributed by atoms with Crippen LogP contribution >= 0.6 is 11.6 Å². The molecule has 0 radical (unpaired) electrons. The fourth-order valence-electron chi connectivity index (χ4n) is 2.62. The Morgan fingerprint density at radius 3 is 2.00 bits per heavy atom. The summed E-state index contributed by atoms with van der Waals surface area (Å²) >= 11 is 6.13. The second-order valence-corrected chi connectivity index (χ2v) is 4.71.